The molecule has 3 aromatic rings. The van der Waals surface area contributed by atoms with E-state index in [2.05, 4.69) is 9.79 Å². The first-order valence-corrected chi connectivity index (χ1v) is 5.58. The van der Waals surface area contributed by atoms with Gasteiger partial charge in [0.1, 0.15) is 11.5 Å². The van der Waals surface area contributed by atoms with Crippen LogP contribution in [0.5, 0.6) is 17.2 Å². The van der Waals surface area contributed by atoms with E-state index >= 15 is 0 Å². The molecule has 0 radical (unpaired) electrons. The van der Waals surface area contributed by atoms with Gasteiger partial charge in [-0.2, -0.15) is 0 Å². The molecule has 0 bridgehead atoms. The quantitative estimate of drug-likeness (QED) is 0.674. The molecule has 1 aromatic heterocycles. The van der Waals surface area contributed by atoms with Gasteiger partial charge in [-0.15, -0.1) is 0 Å². The maximum Gasteiger partial charge on any atom is 0.290 e. The van der Waals surface area contributed by atoms with E-state index in [0.29, 0.717) is 27.4 Å². The average molecular weight is 258 g/mol. The Morgan fingerprint density at radius 2 is 1.84 bits per heavy atom. The minimum absolute atomic E-state index is 0.325. The molecule has 0 atom stereocenters. The molecule has 0 saturated heterocycles. The first-order chi connectivity index (χ1) is 9.28. The Morgan fingerprint density at radius 3 is 2.58 bits per heavy atom. The lowest BCUT2D eigenvalue weighted by Crippen LogP contribution is -2.22. The topological polar surface area (TPSA) is 71.4 Å². The number of hydrogen-bond acceptors (Lipinski definition) is 5. The van der Waals surface area contributed by atoms with Gasteiger partial charge in [-0.1, -0.05) is 6.07 Å². The van der Waals surface area contributed by atoms with Gasteiger partial charge in [0.25, 0.3) is 5.52 Å². The minimum atomic E-state index is 0.325. The zero-order chi connectivity index (χ0) is 13.2. The summed E-state index contributed by atoms with van der Waals surface area (Å²) in [6, 6.07) is 12.1. The van der Waals surface area contributed by atoms with Crippen molar-refractivity contribution in [1.29, 1.82) is 0 Å². The molecule has 0 N–H and O–H groups in total. The highest BCUT2D eigenvalue weighted by Gasteiger charge is 2.15. The highest BCUT2D eigenvalue weighted by molar-refractivity contribution is 5.78. The van der Waals surface area contributed by atoms with E-state index < -0.39 is 0 Å². The molecule has 0 aliphatic rings. The van der Waals surface area contributed by atoms with Crippen molar-refractivity contribution in [3.63, 3.8) is 0 Å². The molecule has 3 rings (SSSR count). The van der Waals surface area contributed by atoms with Gasteiger partial charge in [0.2, 0.25) is 5.52 Å². The summed E-state index contributed by atoms with van der Waals surface area (Å²) in [6.07, 6.45) is 0. The highest BCUT2D eigenvalue weighted by Crippen LogP contribution is 2.28. The number of benzene rings is 2. The number of fused-ring (bicyclic) bond motifs is 1. The third-order valence-corrected chi connectivity index (χ3v) is 2.67. The van der Waals surface area contributed by atoms with E-state index in [4.69, 9.17) is 9.47 Å². The number of hydrogen-bond donors (Lipinski definition) is 0. The molecule has 0 aliphatic carbocycles. The Morgan fingerprint density at radius 1 is 1.11 bits per heavy atom. The molecular formula is C13H10N2O4. The Bertz CT molecular complexity index is 706. The third kappa shape index (κ3) is 2.03. The molecule has 6 nitrogen and oxygen atoms in total. The summed E-state index contributed by atoms with van der Waals surface area (Å²) in [5, 5.41) is 15.0. The lowest BCUT2D eigenvalue weighted by Gasteiger charge is -2.05. The highest BCUT2D eigenvalue weighted by atomic mass is 16.8. The van der Waals surface area contributed by atoms with Crippen LogP contribution in [0.4, 0.5) is 0 Å². The molecule has 0 spiro atoms. The Hall–Kier alpha value is -2.76. The molecule has 19 heavy (non-hydrogen) atoms. The van der Waals surface area contributed by atoms with Crippen LogP contribution >= 0.6 is 0 Å². The van der Waals surface area contributed by atoms with Crippen LogP contribution in [-0.4, -0.2) is 12.3 Å². The van der Waals surface area contributed by atoms with Crippen molar-refractivity contribution in [1.82, 2.24) is 5.16 Å². The van der Waals surface area contributed by atoms with Crippen LogP contribution in [0.1, 0.15) is 0 Å². The minimum Gasteiger partial charge on any atom is -0.497 e. The second-order valence-electron chi connectivity index (χ2n) is 3.83. The number of ether oxygens (including phenoxy) is 2. The lowest BCUT2D eigenvalue weighted by molar-refractivity contribution is -0.782. The van der Waals surface area contributed by atoms with Crippen LogP contribution in [0.15, 0.2) is 47.1 Å². The van der Waals surface area contributed by atoms with Crippen molar-refractivity contribution in [2.24, 2.45) is 0 Å². The maximum atomic E-state index is 11.3. The molecule has 0 fully saturated rings. The summed E-state index contributed by atoms with van der Waals surface area (Å²) in [5.41, 5.74) is 0.708. The standard InChI is InChI=1S/C13H10N2O4/c1-17-9-5-7-10(8-6-9)18-12-4-2-3-11-13(12)14-19-15(11)16/h2-8H,1H3. The number of rotatable bonds is 3. The van der Waals surface area contributed by atoms with Crippen molar-refractivity contribution in [2.75, 3.05) is 7.11 Å². The van der Waals surface area contributed by atoms with Crippen LogP contribution in [0, 0.1) is 5.21 Å². The second-order valence-corrected chi connectivity index (χ2v) is 3.83. The lowest BCUT2D eigenvalue weighted by atomic mass is 10.3. The van der Waals surface area contributed by atoms with Gasteiger partial charge in [-0.25, -0.2) is 0 Å². The van der Waals surface area contributed by atoms with Crippen molar-refractivity contribution >= 4 is 11.0 Å². The SMILES string of the molecule is COc1ccc(Oc2cccc3c2no[n+]3[O-])cc1. The van der Waals surface area contributed by atoms with Crippen LogP contribution in [-0.2, 0) is 0 Å². The molecule has 0 unspecified atom stereocenters. The predicted octanol–water partition coefficient (Wildman–Crippen LogP) is 2.26. The Labute approximate surface area is 108 Å². The predicted molar refractivity (Wildman–Crippen MR) is 66.0 cm³/mol. The number of aromatic nitrogens is 2. The van der Waals surface area contributed by atoms with E-state index in [9.17, 15) is 5.21 Å². The fourth-order valence-corrected chi connectivity index (χ4v) is 1.72. The van der Waals surface area contributed by atoms with E-state index in [1.54, 1.807) is 49.6 Å². The van der Waals surface area contributed by atoms with Crippen LogP contribution in [0.3, 0.4) is 0 Å². The summed E-state index contributed by atoms with van der Waals surface area (Å²) >= 11 is 0. The van der Waals surface area contributed by atoms with Gasteiger partial charge in [0.15, 0.2) is 5.75 Å². The fourth-order valence-electron chi connectivity index (χ4n) is 1.72. The molecule has 2 aromatic carbocycles. The maximum absolute atomic E-state index is 11.3. The summed E-state index contributed by atoms with van der Waals surface area (Å²) in [5.74, 6) is 1.82. The number of methoxy groups -OCH3 is 1. The fraction of sp³-hybridized carbons (Fsp3) is 0.0769. The Balaban J connectivity index is 1.96. The van der Waals surface area contributed by atoms with Gasteiger partial charge in [-0.3, -0.25) is 4.63 Å². The zero-order valence-electron chi connectivity index (χ0n) is 10.1. The molecule has 0 saturated carbocycles. The van der Waals surface area contributed by atoms with Gasteiger partial charge < -0.3 is 14.7 Å². The first-order valence-electron chi connectivity index (χ1n) is 5.58. The number of nitrogens with zero attached hydrogens (tertiary/aromatic N) is 2. The van der Waals surface area contributed by atoms with Crippen LogP contribution in [0.25, 0.3) is 11.0 Å². The van der Waals surface area contributed by atoms with E-state index in [1.165, 1.54) is 0 Å². The summed E-state index contributed by atoms with van der Waals surface area (Å²) in [7, 11) is 1.60. The molecule has 0 amide bonds. The van der Waals surface area contributed by atoms with Crippen molar-refractivity contribution in [2.45, 2.75) is 0 Å². The van der Waals surface area contributed by atoms with E-state index in [1.807, 2.05) is 0 Å². The molecular weight excluding hydrogens is 248 g/mol. The average Bonchev–Trinajstić information content (AvgIpc) is 2.83. The van der Waals surface area contributed by atoms with E-state index in [0.717, 1.165) is 5.75 Å². The van der Waals surface area contributed by atoms with Crippen LogP contribution < -0.4 is 14.4 Å². The van der Waals surface area contributed by atoms with Crippen molar-refractivity contribution < 1.29 is 19.0 Å². The zero-order valence-corrected chi connectivity index (χ0v) is 10.1. The van der Waals surface area contributed by atoms with Crippen molar-refractivity contribution in [3.8, 4) is 17.2 Å². The second kappa shape index (κ2) is 4.49. The van der Waals surface area contributed by atoms with Crippen LogP contribution in [0.2, 0.25) is 0 Å². The largest absolute Gasteiger partial charge is 0.497 e. The normalized spacial score (nSPS) is 10.6. The molecule has 6 heteroatoms. The molecule has 0 aliphatic heterocycles. The summed E-state index contributed by atoms with van der Waals surface area (Å²) in [6.45, 7) is 0. The molecule has 1 heterocycles. The Kier molecular flexibility index (Phi) is 2.68. The summed E-state index contributed by atoms with van der Waals surface area (Å²) in [4.78, 5) is 0.343. The van der Waals surface area contributed by atoms with E-state index in [-0.39, 0.29) is 0 Å². The van der Waals surface area contributed by atoms with Gasteiger partial charge in [0.05, 0.1) is 12.3 Å². The first kappa shape index (κ1) is 11.3. The monoisotopic (exact) mass is 258 g/mol. The summed E-state index contributed by atoms with van der Waals surface area (Å²) < 4.78 is 15.3. The van der Waals surface area contributed by atoms with Gasteiger partial charge in [0, 0.05) is 0 Å². The molecule has 96 valence electrons. The smallest absolute Gasteiger partial charge is 0.290 e. The third-order valence-electron chi connectivity index (χ3n) is 2.67. The van der Waals surface area contributed by atoms with Gasteiger partial charge in [-0.05, 0) is 41.3 Å². The van der Waals surface area contributed by atoms with Gasteiger partial charge >= 0.3 is 0 Å². The van der Waals surface area contributed by atoms with Crippen molar-refractivity contribution in [3.05, 3.63) is 47.7 Å².